The third-order valence-electron chi connectivity index (χ3n) is 4.29. The van der Waals surface area contributed by atoms with Gasteiger partial charge in [0.15, 0.2) is 0 Å². The number of hydrogen-bond donors (Lipinski definition) is 2. The Hall–Kier alpha value is -1.37. The second-order valence-electron chi connectivity index (χ2n) is 5.68. The molecule has 0 bridgehead atoms. The Bertz CT molecular complexity index is 746. The molecular formula is C16H22N2O3S. The number of fused-ring (bicyclic) bond motifs is 1. The van der Waals surface area contributed by atoms with Crippen molar-refractivity contribution in [1.82, 2.24) is 9.71 Å². The van der Waals surface area contributed by atoms with Gasteiger partial charge in [0.05, 0.1) is 6.61 Å². The largest absolute Gasteiger partial charge is 0.380 e. The van der Waals surface area contributed by atoms with E-state index in [9.17, 15) is 8.42 Å². The van der Waals surface area contributed by atoms with Crippen molar-refractivity contribution >= 4 is 20.9 Å². The zero-order valence-electron chi connectivity index (χ0n) is 12.8. The zero-order valence-corrected chi connectivity index (χ0v) is 13.6. The number of nitrogens with one attached hydrogen (secondary N) is 2. The van der Waals surface area contributed by atoms with Crippen LogP contribution in [-0.4, -0.2) is 38.4 Å². The molecule has 2 N–H and O–H groups in total. The third-order valence-corrected chi connectivity index (χ3v) is 6.15. The molecule has 1 aromatic carbocycles. The normalized spacial score (nSPS) is 19.0. The van der Waals surface area contributed by atoms with E-state index < -0.39 is 15.3 Å². The summed E-state index contributed by atoms with van der Waals surface area (Å²) in [6.45, 7) is 3.39. The predicted molar refractivity (Wildman–Crippen MR) is 87.5 cm³/mol. The van der Waals surface area contributed by atoms with Crippen molar-refractivity contribution in [3.8, 4) is 0 Å². The molecule has 22 heavy (non-hydrogen) atoms. The Balaban J connectivity index is 1.67. The van der Waals surface area contributed by atoms with Gasteiger partial charge in [0, 0.05) is 30.3 Å². The standard InChI is InChI=1S/C16H22N2O3S/c1-2-12-4-3-5-15-13(10-17-16(12)15)6-8-18-22(19,20)14-7-9-21-11-14/h3-5,10,14,17-18H,2,6-9,11H2,1H3. The third kappa shape index (κ3) is 3.04. The van der Waals surface area contributed by atoms with E-state index in [0.717, 1.165) is 17.5 Å². The highest BCUT2D eigenvalue weighted by Gasteiger charge is 2.28. The van der Waals surface area contributed by atoms with Crippen LogP contribution in [0, 0.1) is 0 Å². The lowest BCUT2D eigenvalue weighted by Gasteiger charge is -2.11. The summed E-state index contributed by atoms with van der Waals surface area (Å²) in [4.78, 5) is 3.31. The SMILES string of the molecule is CCc1cccc2c(CCNS(=O)(=O)C3CCOC3)c[nH]c12. The van der Waals surface area contributed by atoms with E-state index >= 15 is 0 Å². The van der Waals surface area contributed by atoms with Gasteiger partial charge in [-0.05, 0) is 30.4 Å². The first-order chi connectivity index (χ1) is 10.6. The number of sulfonamides is 1. The molecule has 0 aliphatic carbocycles. The van der Waals surface area contributed by atoms with E-state index in [0.29, 0.717) is 32.6 Å². The van der Waals surface area contributed by atoms with Crippen LogP contribution < -0.4 is 4.72 Å². The maximum atomic E-state index is 12.1. The van der Waals surface area contributed by atoms with Gasteiger partial charge in [0.25, 0.3) is 0 Å². The number of ether oxygens (including phenoxy) is 1. The molecule has 1 aliphatic rings. The van der Waals surface area contributed by atoms with Crippen molar-refractivity contribution in [1.29, 1.82) is 0 Å². The first-order valence-corrected chi connectivity index (χ1v) is 9.30. The van der Waals surface area contributed by atoms with Crippen LogP contribution in [0.5, 0.6) is 0 Å². The first-order valence-electron chi connectivity index (χ1n) is 7.76. The summed E-state index contributed by atoms with van der Waals surface area (Å²) in [5.74, 6) is 0. The zero-order chi connectivity index (χ0) is 15.6. The smallest absolute Gasteiger partial charge is 0.216 e. The Labute approximate surface area is 131 Å². The van der Waals surface area contributed by atoms with Gasteiger partial charge in [-0.2, -0.15) is 0 Å². The van der Waals surface area contributed by atoms with Crippen molar-refractivity contribution in [2.45, 2.75) is 31.4 Å². The molecule has 6 heteroatoms. The Morgan fingerprint density at radius 1 is 1.36 bits per heavy atom. The molecule has 1 unspecified atom stereocenters. The summed E-state index contributed by atoms with van der Waals surface area (Å²) in [5, 5.41) is 0.782. The molecule has 1 fully saturated rings. The predicted octanol–water partition coefficient (Wildman–Crippen LogP) is 1.98. The second-order valence-corrected chi connectivity index (χ2v) is 7.73. The second kappa shape index (κ2) is 6.40. The molecule has 2 aromatic rings. The quantitative estimate of drug-likeness (QED) is 0.854. The van der Waals surface area contributed by atoms with Gasteiger partial charge in [-0.25, -0.2) is 13.1 Å². The minimum absolute atomic E-state index is 0.308. The molecular weight excluding hydrogens is 300 g/mol. The lowest BCUT2D eigenvalue weighted by molar-refractivity contribution is 0.198. The molecule has 0 saturated carbocycles. The van der Waals surface area contributed by atoms with Gasteiger partial charge in [0.1, 0.15) is 5.25 Å². The lowest BCUT2D eigenvalue weighted by atomic mass is 10.1. The Kier molecular flexibility index (Phi) is 4.52. The topological polar surface area (TPSA) is 71.2 Å². The van der Waals surface area contributed by atoms with Crippen molar-refractivity contribution in [2.75, 3.05) is 19.8 Å². The summed E-state index contributed by atoms with van der Waals surface area (Å²) in [6, 6.07) is 6.25. The Morgan fingerprint density at radius 3 is 2.95 bits per heavy atom. The van der Waals surface area contributed by atoms with Crippen LogP contribution in [-0.2, 0) is 27.6 Å². The fourth-order valence-electron chi connectivity index (χ4n) is 2.98. The van der Waals surface area contributed by atoms with Crippen LogP contribution in [0.4, 0.5) is 0 Å². The first kappa shape index (κ1) is 15.5. The van der Waals surface area contributed by atoms with E-state index in [4.69, 9.17) is 4.74 Å². The van der Waals surface area contributed by atoms with Crippen molar-refractivity contribution in [3.05, 3.63) is 35.5 Å². The van der Waals surface area contributed by atoms with Gasteiger partial charge in [-0.15, -0.1) is 0 Å². The molecule has 3 rings (SSSR count). The van der Waals surface area contributed by atoms with Gasteiger partial charge in [-0.3, -0.25) is 0 Å². The van der Waals surface area contributed by atoms with E-state index in [2.05, 4.69) is 34.8 Å². The number of aromatic amines is 1. The van der Waals surface area contributed by atoms with E-state index in [1.54, 1.807) is 0 Å². The lowest BCUT2D eigenvalue weighted by Crippen LogP contribution is -2.35. The Morgan fingerprint density at radius 2 is 2.23 bits per heavy atom. The molecule has 5 nitrogen and oxygen atoms in total. The summed E-state index contributed by atoms with van der Waals surface area (Å²) < 4.78 is 32.1. The summed E-state index contributed by atoms with van der Waals surface area (Å²) >= 11 is 0. The van der Waals surface area contributed by atoms with Crippen LogP contribution in [0.3, 0.4) is 0 Å². The monoisotopic (exact) mass is 322 g/mol. The number of hydrogen-bond acceptors (Lipinski definition) is 3. The number of H-pyrrole nitrogens is 1. The number of benzene rings is 1. The van der Waals surface area contributed by atoms with Gasteiger partial charge in [0.2, 0.25) is 10.0 Å². The van der Waals surface area contributed by atoms with Crippen molar-refractivity contribution in [3.63, 3.8) is 0 Å². The van der Waals surface area contributed by atoms with Crippen LogP contribution in [0.25, 0.3) is 10.9 Å². The minimum atomic E-state index is -3.26. The number of aryl methyl sites for hydroxylation is 1. The molecule has 1 saturated heterocycles. The number of aromatic nitrogens is 1. The van der Waals surface area contributed by atoms with Crippen LogP contribution in [0.15, 0.2) is 24.4 Å². The molecule has 1 atom stereocenters. The highest BCUT2D eigenvalue weighted by Crippen LogP contribution is 2.22. The number of para-hydroxylation sites is 1. The molecule has 0 amide bonds. The fourth-order valence-corrected chi connectivity index (χ4v) is 4.28. The van der Waals surface area contributed by atoms with Crippen LogP contribution in [0.1, 0.15) is 24.5 Å². The highest BCUT2D eigenvalue weighted by atomic mass is 32.2. The average molecular weight is 322 g/mol. The molecule has 1 aromatic heterocycles. The highest BCUT2D eigenvalue weighted by molar-refractivity contribution is 7.90. The fraction of sp³-hybridized carbons (Fsp3) is 0.500. The van der Waals surface area contributed by atoms with Gasteiger partial charge < -0.3 is 9.72 Å². The van der Waals surface area contributed by atoms with E-state index in [1.807, 2.05) is 6.20 Å². The van der Waals surface area contributed by atoms with Gasteiger partial charge >= 0.3 is 0 Å². The van der Waals surface area contributed by atoms with E-state index in [1.165, 1.54) is 10.9 Å². The molecule has 2 heterocycles. The van der Waals surface area contributed by atoms with Crippen LogP contribution in [0.2, 0.25) is 0 Å². The molecule has 0 spiro atoms. The maximum absolute atomic E-state index is 12.1. The number of rotatable bonds is 6. The average Bonchev–Trinajstić information content (AvgIpc) is 3.17. The van der Waals surface area contributed by atoms with Crippen LogP contribution >= 0.6 is 0 Å². The maximum Gasteiger partial charge on any atom is 0.216 e. The minimum Gasteiger partial charge on any atom is -0.380 e. The summed E-state index contributed by atoms with van der Waals surface area (Å²) in [7, 11) is -3.26. The van der Waals surface area contributed by atoms with Crippen molar-refractivity contribution in [2.24, 2.45) is 0 Å². The molecule has 120 valence electrons. The van der Waals surface area contributed by atoms with E-state index in [-0.39, 0.29) is 0 Å². The summed E-state index contributed by atoms with van der Waals surface area (Å²) in [5.41, 5.74) is 3.59. The molecule has 0 radical (unpaired) electrons. The molecule has 1 aliphatic heterocycles. The summed E-state index contributed by atoms with van der Waals surface area (Å²) in [6.07, 6.45) is 4.23. The van der Waals surface area contributed by atoms with Crippen molar-refractivity contribution < 1.29 is 13.2 Å². The van der Waals surface area contributed by atoms with Gasteiger partial charge in [-0.1, -0.05) is 25.1 Å².